The van der Waals surface area contributed by atoms with Gasteiger partial charge in [-0.05, 0) is 40.1 Å². The highest BCUT2D eigenvalue weighted by atomic mass is 32.1. The van der Waals surface area contributed by atoms with Crippen LogP contribution in [0.5, 0.6) is 0 Å². The Morgan fingerprint density at radius 2 is 2.12 bits per heavy atom. The highest BCUT2D eigenvalue weighted by molar-refractivity contribution is 7.12. The second-order valence-electron chi connectivity index (χ2n) is 5.49. The highest BCUT2D eigenvalue weighted by Gasteiger charge is 2.18. The molecule has 0 atom stereocenters. The standard InChI is InChI=1S/C16H16N6O2S/c23-16(15-2-1-9-25-15)18-13-10-12(22-11-17-19-20-22)3-4-14(13)21-5-7-24-8-6-21/h1-4,9-11H,5-8H2,(H,18,23). The van der Waals surface area contributed by atoms with Gasteiger partial charge in [-0.3, -0.25) is 4.79 Å². The van der Waals surface area contributed by atoms with Crippen molar-refractivity contribution < 1.29 is 9.53 Å². The quantitative estimate of drug-likeness (QED) is 0.767. The Kier molecular flexibility index (Phi) is 4.40. The first-order chi connectivity index (χ1) is 12.3. The number of benzene rings is 1. The van der Waals surface area contributed by atoms with Gasteiger partial charge in [-0.1, -0.05) is 6.07 Å². The number of rotatable bonds is 4. The van der Waals surface area contributed by atoms with Crippen molar-refractivity contribution in [1.29, 1.82) is 0 Å². The molecule has 25 heavy (non-hydrogen) atoms. The van der Waals surface area contributed by atoms with Crippen LogP contribution in [0, 0.1) is 0 Å². The Morgan fingerprint density at radius 3 is 2.84 bits per heavy atom. The van der Waals surface area contributed by atoms with Gasteiger partial charge in [-0.25, -0.2) is 4.68 Å². The van der Waals surface area contributed by atoms with E-state index in [9.17, 15) is 4.79 Å². The molecule has 3 aromatic rings. The molecule has 1 aliphatic rings. The third kappa shape index (κ3) is 3.37. The first kappa shape index (κ1) is 15.7. The zero-order chi connectivity index (χ0) is 17.1. The number of anilines is 2. The number of hydrogen-bond donors (Lipinski definition) is 1. The molecule has 1 amide bonds. The van der Waals surface area contributed by atoms with E-state index in [1.54, 1.807) is 10.7 Å². The summed E-state index contributed by atoms with van der Waals surface area (Å²) in [6.07, 6.45) is 1.52. The van der Waals surface area contributed by atoms with E-state index in [2.05, 4.69) is 25.7 Å². The summed E-state index contributed by atoms with van der Waals surface area (Å²) >= 11 is 1.41. The molecule has 1 fully saturated rings. The van der Waals surface area contributed by atoms with Crippen LogP contribution in [-0.4, -0.2) is 52.4 Å². The van der Waals surface area contributed by atoms with Gasteiger partial charge in [0.15, 0.2) is 0 Å². The van der Waals surface area contributed by atoms with Crippen LogP contribution in [0.15, 0.2) is 42.0 Å². The van der Waals surface area contributed by atoms with Crippen molar-refractivity contribution in [1.82, 2.24) is 20.2 Å². The number of carbonyl (C=O) groups excluding carboxylic acids is 1. The third-order valence-corrected chi connectivity index (χ3v) is 4.81. The molecule has 4 rings (SSSR count). The lowest BCUT2D eigenvalue weighted by atomic mass is 10.2. The lowest BCUT2D eigenvalue weighted by Gasteiger charge is -2.30. The first-order valence-corrected chi connectivity index (χ1v) is 8.74. The second-order valence-corrected chi connectivity index (χ2v) is 6.43. The molecule has 1 saturated heterocycles. The molecule has 1 N–H and O–H groups in total. The van der Waals surface area contributed by atoms with Gasteiger partial charge in [0, 0.05) is 13.1 Å². The van der Waals surface area contributed by atoms with Crippen LogP contribution in [0.2, 0.25) is 0 Å². The van der Waals surface area contributed by atoms with Crippen LogP contribution in [0.25, 0.3) is 5.69 Å². The summed E-state index contributed by atoms with van der Waals surface area (Å²) in [5, 5.41) is 16.1. The maximum Gasteiger partial charge on any atom is 0.265 e. The van der Waals surface area contributed by atoms with Crippen molar-refractivity contribution in [2.45, 2.75) is 0 Å². The fraction of sp³-hybridized carbons (Fsp3) is 0.250. The summed E-state index contributed by atoms with van der Waals surface area (Å²) in [6.45, 7) is 2.91. The molecule has 0 unspecified atom stereocenters. The van der Waals surface area contributed by atoms with Crippen LogP contribution >= 0.6 is 11.3 Å². The van der Waals surface area contributed by atoms with Crippen molar-refractivity contribution in [2.24, 2.45) is 0 Å². The molecule has 8 nitrogen and oxygen atoms in total. The summed E-state index contributed by atoms with van der Waals surface area (Å²) in [7, 11) is 0. The Morgan fingerprint density at radius 1 is 1.24 bits per heavy atom. The van der Waals surface area contributed by atoms with Crippen molar-refractivity contribution in [2.75, 3.05) is 36.5 Å². The molecule has 9 heteroatoms. The SMILES string of the molecule is O=C(Nc1cc(-n2cnnn2)ccc1N1CCOCC1)c1cccs1. The third-order valence-electron chi connectivity index (χ3n) is 3.94. The number of carbonyl (C=O) groups is 1. The number of nitrogens with one attached hydrogen (secondary N) is 1. The van der Waals surface area contributed by atoms with E-state index in [0.717, 1.165) is 30.2 Å². The number of aromatic nitrogens is 4. The minimum absolute atomic E-state index is 0.127. The van der Waals surface area contributed by atoms with Gasteiger partial charge < -0.3 is 15.0 Å². The van der Waals surface area contributed by atoms with E-state index >= 15 is 0 Å². The minimum Gasteiger partial charge on any atom is -0.378 e. The Balaban J connectivity index is 1.69. The topological polar surface area (TPSA) is 85.2 Å². The maximum atomic E-state index is 12.5. The van der Waals surface area contributed by atoms with Gasteiger partial charge in [0.25, 0.3) is 5.91 Å². The number of nitrogens with zero attached hydrogens (tertiary/aromatic N) is 5. The fourth-order valence-electron chi connectivity index (χ4n) is 2.72. The van der Waals surface area contributed by atoms with Gasteiger partial charge in [0.05, 0.1) is 35.2 Å². The van der Waals surface area contributed by atoms with Crippen molar-refractivity contribution in [3.05, 3.63) is 46.9 Å². The predicted octanol–water partition coefficient (Wildman–Crippen LogP) is 1.81. The number of tetrazole rings is 1. The van der Waals surface area contributed by atoms with Gasteiger partial charge in [0.2, 0.25) is 0 Å². The lowest BCUT2D eigenvalue weighted by Crippen LogP contribution is -2.36. The number of ether oxygens (including phenoxy) is 1. The molecule has 2 aromatic heterocycles. The van der Waals surface area contributed by atoms with Crippen LogP contribution in [0.1, 0.15) is 9.67 Å². The zero-order valence-electron chi connectivity index (χ0n) is 13.3. The van der Waals surface area contributed by atoms with E-state index in [-0.39, 0.29) is 5.91 Å². The largest absolute Gasteiger partial charge is 0.378 e. The van der Waals surface area contributed by atoms with Gasteiger partial charge in [-0.15, -0.1) is 16.4 Å². The monoisotopic (exact) mass is 356 g/mol. The van der Waals surface area contributed by atoms with E-state index in [1.807, 2.05) is 29.6 Å². The molecule has 3 heterocycles. The number of hydrogen-bond acceptors (Lipinski definition) is 7. The van der Waals surface area contributed by atoms with Crippen LogP contribution in [0.4, 0.5) is 11.4 Å². The van der Waals surface area contributed by atoms with Gasteiger partial charge in [-0.2, -0.15) is 0 Å². The number of thiophene rings is 1. The molecule has 0 bridgehead atoms. The zero-order valence-corrected chi connectivity index (χ0v) is 14.1. The van der Waals surface area contributed by atoms with Crippen molar-refractivity contribution in [3.8, 4) is 5.69 Å². The minimum atomic E-state index is -0.127. The van der Waals surface area contributed by atoms with Crippen LogP contribution in [-0.2, 0) is 4.74 Å². The Bertz CT molecular complexity index is 844. The number of amides is 1. The van der Waals surface area contributed by atoms with Gasteiger partial charge >= 0.3 is 0 Å². The predicted molar refractivity (Wildman–Crippen MR) is 94.5 cm³/mol. The second kappa shape index (κ2) is 6.99. The average Bonchev–Trinajstić information content (AvgIpc) is 3.36. The van der Waals surface area contributed by atoms with Crippen LogP contribution in [0.3, 0.4) is 0 Å². The molecular weight excluding hydrogens is 340 g/mol. The van der Waals surface area contributed by atoms with E-state index < -0.39 is 0 Å². The summed E-state index contributed by atoms with van der Waals surface area (Å²) in [6, 6.07) is 9.46. The molecular formula is C16H16N6O2S. The molecule has 1 aliphatic heterocycles. The molecule has 0 saturated carbocycles. The average molecular weight is 356 g/mol. The van der Waals surface area contributed by atoms with Crippen molar-refractivity contribution in [3.63, 3.8) is 0 Å². The molecule has 128 valence electrons. The van der Waals surface area contributed by atoms with E-state index in [1.165, 1.54) is 17.7 Å². The molecule has 0 aliphatic carbocycles. The Labute approximate surface area is 148 Å². The molecule has 1 aromatic carbocycles. The normalized spacial score (nSPS) is 14.5. The lowest BCUT2D eigenvalue weighted by molar-refractivity contribution is 0.103. The number of morpholine rings is 1. The summed E-state index contributed by atoms with van der Waals surface area (Å²) in [5.41, 5.74) is 2.47. The first-order valence-electron chi connectivity index (χ1n) is 7.86. The maximum absolute atomic E-state index is 12.5. The van der Waals surface area contributed by atoms with E-state index in [4.69, 9.17) is 4.74 Å². The van der Waals surface area contributed by atoms with Gasteiger partial charge in [0.1, 0.15) is 6.33 Å². The van der Waals surface area contributed by atoms with Crippen LogP contribution < -0.4 is 10.2 Å². The fourth-order valence-corrected chi connectivity index (χ4v) is 3.34. The van der Waals surface area contributed by atoms with E-state index in [0.29, 0.717) is 18.1 Å². The highest BCUT2D eigenvalue weighted by Crippen LogP contribution is 2.30. The summed E-state index contributed by atoms with van der Waals surface area (Å²) < 4.78 is 6.99. The molecule has 0 spiro atoms. The summed E-state index contributed by atoms with van der Waals surface area (Å²) in [4.78, 5) is 15.4. The summed E-state index contributed by atoms with van der Waals surface area (Å²) in [5.74, 6) is -0.127. The molecule has 0 radical (unpaired) electrons. The van der Waals surface area contributed by atoms with Crippen molar-refractivity contribution >= 4 is 28.6 Å². The smallest absolute Gasteiger partial charge is 0.265 e. The Hall–Kier alpha value is -2.78.